The second-order valence-corrected chi connectivity index (χ2v) is 6.35. The van der Waals surface area contributed by atoms with E-state index in [4.69, 9.17) is 4.74 Å². The molecule has 11 heteroatoms. The van der Waals surface area contributed by atoms with Crippen LogP contribution < -0.4 is 26.0 Å². The fraction of sp³-hybridized carbons (Fsp3) is 0.263. The van der Waals surface area contributed by atoms with Crippen LogP contribution in [0.2, 0.25) is 0 Å². The minimum atomic E-state index is -2.99. The van der Waals surface area contributed by atoms with Crippen LogP contribution in [0.25, 0.3) is 11.0 Å². The van der Waals surface area contributed by atoms with Crippen LogP contribution >= 0.6 is 0 Å². The summed E-state index contributed by atoms with van der Waals surface area (Å²) in [6, 6.07) is 5.64. The first-order valence-electron chi connectivity index (χ1n) is 8.68. The molecular formula is C19H18F2N4O5. The summed E-state index contributed by atoms with van der Waals surface area (Å²) < 4.78 is 36.3. The van der Waals surface area contributed by atoms with Crippen LogP contribution in [0.15, 0.2) is 40.1 Å². The summed E-state index contributed by atoms with van der Waals surface area (Å²) in [6.07, 6.45) is 1.26. The van der Waals surface area contributed by atoms with Crippen LogP contribution in [0.4, 0.5) is 8.78 Å². The molecule has 2 aromatic heterocycles. The molecule has 3 rings (SSSR count). The maximum atomic E-state index is 12.5. The van der Waals surface area contributed by atoms with Gasteiger partial charge in [-0.15, -0.1) is 0 Å². The van der Waals surface area contributed by atoms with Crippen molar-refractivity contribution in [3.05, 3.63) is 62.4 Å². The summed E-state index contributed by atoms with van der Waals surface area (Å²) in [5.41, 5.74) is -0.212. The van der Waals surface area contributed by atoms with Gasteiger partial charge in [0.15, 0.2) is 11.5 Å². The van der Waals surface area contributed by atoms with Crippen molar-refractivity contribution in [2.75, 3.05) is 7.11 Å². The second kappa shape index (κ2) is 8.31. The van der Waals surface area contributed by atoms with E-state index in [0.29, 0.717) is 5.56 Å². The van der Waals surface area contributed by atoms with Gasteiger partial charge in [0, 0.05) is 26.8 Å². The Morgan fingerprint density at radius 3 is 2.57 bits per heavy atom. The highest BCUT2D eigenvalue weighted by atomic mass is 19.3. The van der Waals surface area contributed by atoms with Crippen molar-refractivity contribution in [2.24, 2.45) is 14.1 Å². The molecule has 0 fully saturated rings. The number of carbonyl (C=O) groups excluding carboxylic acids is 1. The summed E-state index contributed by atoms with van der Waals surface area (Å²) in [7, 11) is 4.13. The van der Waals surface area contributed by atoms with E-state index in [2.05, 4.69) is 15.0 Å². The molecule has 9 nitrogen and oxygen atoms in total. The molecular weight excluding hydrogens is 402 g/mol. The molecule has 0 atom stereocenters. The zero-order valence-corrected chi connectivity index (χ0v) is 16.3. The Labute approximate surface area is 168 Å². The van der Waals surface area contributed by atoms with Gasteiger partial charge in [-0.25, -0.2) is 9.78 Å². The van der Waals surface area contributed by atoms with Gasteiger partial charge >= 0.3 is 12.3 Å². The van der Waals surface area contributed by atoms with Crippen LogP contribution in [0.1, 0.15) is 15.9 Å². The topological polar surface area (TPSA) is 104 Å². The Hall–Kier alpha value is -3.76. The molecule has 0 saturated heterocycles. The monoisotopic (exact) mass is 420 g/mol. The first-order valence-corrected chi connectivity index (χ1v) is 8.68. The Kier molecular flexibility index (Phi) is 5.81. The van der Waals surface area contributed by atoms with Gasteiger partial charge in [-0.2, -0.15) is 8.78 Å². The van der Waals surface area contributed by atoms with Gasteiger partial charge in [0.05, 0.1) is 18.1 Å². The van der Waals surface area contributed by atoms with Gasteiger partial charge in [0.1, 0.15) is 5.65 Å². The molecule has 0 unspecified atom stereocenters. The molecule has 0 radical (unpaired) electrons. The first kappa shape index (κ1) is 21.0. The predicted octanol–water partition coefficient (Wildman–Crippen LogP) is 1.17. The molecule has 1 N–H and O–H groups in total. The lowest BCUT2D eigenvalue weighted by Gasteiger charge is -2.12. The van der Waals surface area contributed by atoms with Crippen LogP contribution in [0, 0.1) is 0 Å². The van der Waals surface area contributed by atoms with Crippen LogP contribution in [0.3, 0.4) is 0 Å². The molecule has 0 aliphatic heterocycles. The van der Waals surface area contributed by atoms with E-state index in [1.165, 1.54) is 56.2 Å². The third kappa shape index (κ3) is 4.00. The van der Waals surface area contributed by atoms with Crippen molar-refractivity contribution in [2.45, 2.75) is 13.2 Å². The maximum Gasteiger partial charge on any atom is 0.387 e. The lowest BCUT2D eigenvalue weighted by atomic mass is 10.2. The van der Waals surface area contributed by atoms with Crippen molar-refractivity contribution in [1.82, 2.24) is 19.4 Å². The Morgan fingerprint density at radius 2 is 1.90 bits per heavy atom. The molecule has 3 aromatic rings. The Morgan fingerprint density at radius 1 is 1.17 bits per heavy atom. The third-order valence-electron chi connectivity index (χ3n) is 4.45. The number of pyridine rings is 1. The van der Waals surface area contributed by atoms with Crippen molar-refractivity contribution >= 4 is 16.9 Å². The number of halogens is 2. The standard InChI is InChI=1S/C19H18F2N4O5/c1-24-15-12(17(27)25(2)19(24)28)7-11(9-22-15)16(26)23-8-10-4-5-13(30-18(20)21)14(6-10)29-3/h4-7,9,18H,8H2,1-3H3,(H,23,26). The van der Waals surface area contributed by atoms with Gasteiger partial charge in [0.25, 0.3) is 11.5 Å². The van der Waals surface area contributed by atoms with E-state index in [0.717, 1.165) is 4.57 Å². The van der Waals surface area contributed by atoms with Gasteiger partial charge in [-0.05, 0) is 23.8 Å². The van der Waals surface area contributed by atoms with Crippen LogP contribution in [-0.4, -0.2) is 33.7 Å². The number of benzene rings is 1. The number of ether oxygens (including phenoxy) is 2. The number of amides is 1. The largest absolute Gasteiger partial charge is 0.493 e. The number of fused-ring (bicyclic) bond motifs is 1. The Bertz CT molecular complexity index is 1240. The van der Waals surface area contributed by atoms with Crippen molar-refractivity contribution in [3.8, 4) is 11.5 Å². The number of rotatable bonds is 6. The van der Waals surface area contributed by atoms with E-state index < -0.39 is 23.8 Å². The summed E-state index contributed by atoms with van der Waals surface area (Å²) in [5, 5.41) is 2.78. The molecule has 2 heterocycles. The van der Waals surface area contributed by atoms with E-state index in [1.54, 1.807) is 0 Å². The van der Waals surface area contributed by atoms with Gasteiger partial charge in [-0.3, -0.25) is 18.7 Å². The molecule has 0 spiro atoms. The van der Waals surface area contributed by atoms with E-state index in [-0.39, 0.29) is 34.6 Å². The molecule has 1 amide bonds. The second-order valence-electron chi connectivity index (χ2n) is 6.35. The summed E-state index contributed by atoms with van der Waals surface area (Å²) in [4.78, 5) is 40.9. The highest BCUT2D eigenvalue weighted by molar-refractivity contribution is 5.96. The highest BCUT2D eigenvalue weighted by Crippen LogP contribution is 2.29. The van der Waals surface area contributed by atoms with Crippen molar-refractivity contribution in [3.63, 3.8) is 0 Å². The third-order valence-corrected chi connectivity index (χ3v) is 4.45. The first-order chi connectivity index (χ1) is 14.2. The Balaban J connectivity index is 1.82. The van der Waals surface area contributed by atoms with E-state index >= 15 is 0 Å². The minimum absolute atomic E-state index is 0.0630. The van der Waals surface area contributed by atoms with Gasteiger partial charge < -0.3 is 14.8 Å². The smallest absolute Gasteiger partial charge is 0.387 e. The molecule has 0 aliphatic rings. The normalized spacial score (nSPS) is 11.0. The zero-order valence-electron chi connectivity index (χ0n) is 16.3. The number of carbonyl (C=O) groups is 1. The summed E-state index contributed by atoms with van der Waals surface area (Å²) >= 11 is 0. The lowest BCUT2D eigenvalue weighted by Crippen LogP contribution is -2.37. The number of aryl methyl sites for hydroxylation is 1. The van der Waals surface area contributed by atoms with Gasteiger partial charge in [-0.1, -0.05) is 6.07 Å². The molecule has 158 valence electrons. The quantitative estimate of drug-likeness (QED) is 0.642. The minimum Gasteiger partial charge on any atom is -0.493 e. The number of nitrogens with zero attached hydrogens (tertiary/aromatic N) is 3. The number of methoxy groups -OCH3 is 1. The highest BCUT2D eigenvalue weighted by Gasteiger charge is 2.15. The average Bonchev–Trinajstić information content (AvgIpc) is 2.74. The SMILES string of the molecule is COc1cc(CNC(=O)c2cnc3c(c2)c(=O)n(C)c(=O)n3C)ccc1OC(F)F. The predicted molar refractivity (Wildman–Crippen MR) is 103 cm³/mol. The van der Waals surface area contributed by atoms with E-state index in [9.17, 15) is 23.2 Å². The number of hydrogen-bond donors (Lipinski definition) is 1. The average molecular weight is 420 g/mol. The summed E-state index contributed by atoms with van der Waals surface area (Å²) in [6.45, 7) is -2.93. The zero-order chi connectivity index (χ0) is 22.0. The number of nitrogens with one attached hydrogen (secondary N) is 1. The molecule has 1 aromatic carbocycles. The number of alkyl halides is 2. The fourth-order valence-corrected chi connectivity index (χ4v) is 2.89. The number of aromatic nitrogens is 3. The molecule has 30 heavy (non-hydrogen) atoms. The molecule has 0 saturated carbocycles. The van der Waals surface area contributed by atoms with E-state index in [1.807, 2.05) is 0 Å². The van der Waals surface area contributed by atoms with Crippen LogP contribution in [-0.2, 0) is 20.6 Å². The van der Waals surface area contributed by atoms with Crippen molar-refractivity contribution < 1.29 is 23.0 Å². The molecule has 0 aliphatic carbocycles. The van der Waals surface area contributed by atoms with Crippen LogP contribution in [0.5, 0.6) is 11.5 Å². The van der Waals surface area contributed by atoms with Gasteiger partial charge in [0.2, 0.25) is 0 Å². The fourth-order valence-electron chi connectivity index (χ4n) is 2.89. The van der Waals surface area contributed by atoms with Crippen molar-refractivity contribution in [1.29, 1.82) is 0 Å². The maximum absolute atomic E-state index is 12.5. The molecule has 0 bridgehead atoms. The summed E-state index contributed by atoms with van der Waals surface area (Å²) in [5.74, 6) is -0.534. The number of hydrogen-bond acceptors (Lipinski definition) is 6. The lowest BCUT2D eigenvalue weighted by molar-refractivity contribution is -0.0512.